The van der Waals surface area contributed by atoms with Crippen LogP contribution in [0.2, 0.25) is 0 Å². The van der Waals surface area contributed by atoms with Gasteiger partial charge in [0.1, 0.15) is 0 Å². The van der Waals surface area contributed by atoms with E-state index in [1.807, 2.05) is 24.3 Å². The van der Waals surface area contributed by atoms with Gasteiger partial charge in [0.25, 0.3) is 0 Å². The Labute approximate surface area is 141 Å². The number of unbranched alkanes of at least 4 members (excludes halogenated alkanes) is 1. The van der Waals surface area contributed by atoms with Gasteiger partial charge in [-0.1, -0.05) is 37.6 Å². The summed E-state index contributed by atoms with van der Waals surface area (Å²) in [7, 11) is 0. The van der Waals surface area contributed by atoms with Crippen molar-refractivity contribution in [3.8, 4) is 0 Å². The molecule has 2 aromatic rings. The standard InChI is InChI=1S/C19H22N2O3/c1-2-3-4-15-5-9-17(10-6-15)21(14-22)18-11-7-16(8-12-18)13-19(23)20-24/h5-12,14,24H,2-4,13H2,1H3,(H,20,23). The molecule has 0 aliphatic carbocycles. The van der Waals surface area contributed by atoms with Crippen molar-refractivity contribution in [2.24, 2.45) is 0 Å². The first-order valence-corrected chi connectivity index (χ1v) is 8.03. The predicted octanol–water partition coefficient (Wildman–Crippen LogP) is 3.37. The van der Waals surface area contributed by atoms with Gasteiger partial charge in [-0.2, -0.15) is 0 Å². The smallest absolute Gasteiger partial charge is 0.247 e. The average Bonchev–Trinajstić information content (AvgIpc) is 2.63. The number of amides is 2. The van der Waals surface area contributed by atoms with E-state index in [4.69, 9.17) is 5.21 Å². The van der Waals surface area contributed by atoms with Crippen molar-refractivity contribution in [1.82, 2.24) is 5.48 Å². The molecule has 0 unspecified atom stereocenters. The molecule has 24 heavy (non-hydrogen) atoms. The first kappa shape index (κ1) is 17.7. The van der Waals surface area contributed by atoms with Gasteiger partial charge in [0.15, 0.2) is 0 Å². The molecule has 2 amide bonds. The van der Waals surface area contributed by atoms with Gasteiger partial charge in [-0.25, -0.2) is 5.48 Å². The van der Waals surface area contributed by atoms with Crippen LogP contribution in [0.15, 0.2) is 48.5 Å². The molecule has 0 aliphatic heterocycles. The van der Waals surface area contributed by atoms with Crippen LogP contribution in [0.3, 0.4) is 0 Å². The second-order valence-electron chi connectivity index (χ2n) is 5.62. The molecule has 5 nitrogen and oxygen atoms in total. The van der Waals surface area contributed by atoms with Gasteiger partial charge in [0.05, 0.1) is 6.42 Å². The minimum absolute atomic E-state index is 0.0873. The van der Waals surface area contributed by atoms with Gasteiger partial charge in [-0.15, -0.1) is 0 Å². The van der Waals surface area contributed by atoms with Crippen molar-refractivity contribution in [3.05, 3.63) is 59.7 Å². The number of aryl methyl sites for hydroxylation is 1. The van der Waals surface area contributed by atoms with Crippen LogP contribution in [0.5, 0.6) is 0 Å². The topological polar surface area (TPSA) is 69.6 Å². The molecule has 0 saturated heterocycles. The molecule has 5 heteroatoms. The van der Waals surface area contributed by atoms with Crippen molar-refractivity contribution in [1.29, 1.82) is 0 Å². The van der Waals surface area contributed by atoms with E-state index in [9.17, 15) is 9.59 Å². The molecule has 2 N–H and O–H groups in total. The number of hydrogen-bond donors (Lipinski definition) is 2. The maximum Gasteiger partial charge on any atom is 0.247 e. The van der Waals surface area contributed by atoms with Crippen LogP contribution >= 0.6 is 0 Å². The normalized spacial score (nSPS) is 10.2. The van der Waals surface area contributed by atoms with Crippen LogP contribution in [-0.2, 0) is 22.4 Å². The van der Waals surface area contributed by atoms with Gasteiger partial charge in [-0.05, 0) is 48.2 Å². The lowest BCUT2D eigenvalue weighted by atomic mass is 10.1. The third kappa shape index (κ3) is 4.67. The quantitative estimate of drug-likeness (QED) is 0.444. The van der Waals surface area contributed by atoms with Crippen molar-refractivity contribution < 1.29 is 14.8 Å². The van der Waals surface area contributed by atoms with Gasteiger partial charge in [-0.3, -0.25) is 19.7 Å². The number of nitrogens with zero attached hydrogens (tertiary/aromatic N) is 1. The van der Waals surface area contributed by atoms with E-state index in [1.54, 1.807) is 34.6 Å². The number of carbonyl (C=O) groups excluding carboxylic acids is 2. The summed E-state index contributed by atoms with van der Waals surface area (Å²) in [5.74, 6) is -0.474. The Bertz CT molecular complexity index is 666. The third-order valence-corrected chi connectivity index (χ3v) is 3.84. The molecule has 0 aliphatic rings. The number of hydroxylamine groups is 1. The number of nitrogens with one attached hydrogen (secondary N) is 1. The highest BCUT2D eigenvalue weighted by Crippen LogP contribution is 2.25. The highest BCUT2D eigenvalue weighted by Gasteiger charge is 2.09. The minimum Gasteiger partial charge on any atom is -0.289 e. The summed E-state index contributed by atoms with van der Waals surface area (Å²) in [5.41, 5.74) is 5.14. The number of carbonyl (C=O) groups is 2. The lowest BCUT2D eigenvalue weighted by Gasteiger charge is -2.18. The Kier molecular flexibility index (Phi) is 6.51. The van der Waals surface area contributed by atoms with Crippen LogP contribution in [0.4, 0.5) is 11.4 Å². The number of benzene rings is 2. The van der Waals surface area contributed by atoms with E-state index in [0.717, 1.165) is 42.6 Å². The molecule has 0 fully saturated rings. The van der Waals surface area contributed by atoms with Crippen LogP contribution < -0.4 is 10.4 Å². The Morgan fingerprint density at radius 3 is 2.04 bits per heavy atom. The van der Waals surface area contributed by atoms with Crippen molar-refractivity contribution in [3.63, 3.8) is 0 Å². The van der Waals surface area contributed by atoms with Gasteiger partial charge < -0.3 is 0 Å². The molecule has 0 bridgehead atoms. The molecule has 2 aromatic carbocycles. The molecule has 0 saturated carbocycles. The molecule has 0 radical (unpaired) electrons. The maximum atomic E-state index is 11.5. The molecular weight excluding hydrogens is 304 g/mol. The zero-order valence-corrected chi connectivity index (χ0v) is 13.7. The number of hydrogen-bond acceptors (Lipinski definition) is 3. The summed E-state index contributed by atoms with van der Waals surface area (Å²) in [6, 6.07) is 15.0. The van der Waals surface area contributed by atoms with Crippen LogP contribution in [0.1, 0.15) is 30.9 Å². The summed E-state index contributed by atoms with van der Waals surface area (Å²) in [5, 5.41) is 8.55. The highest BCUT2D eigenvalue weighted by molar-refractivity contribution is 5.86. The molecule has 0 spiro atoms. The Hall–Kier alpha value is -2.66. The Morgan fingerprint density at radius 1 is 1.04 bits per heavy atom. The van der Waals surface area contributed by atoms with E-state index in [-0.39, 0.29) is 6.42 Å². The van der Waals surface area contributed by atoms with E-state index in [2.05, 4.69) is 6.92 Å². The summed E-state index contributed by atoms with van der Waals surface area (Å²) in [6.07, 6.45) is 4.21. The van der Waals surface area contributed by atoms with Crippen LogP contribution in [-0.4, -0.2) is 17.5 Å². The zero-order chi connectivity index (χ0) is 17.4. The Balaban J connectivity index is 2.12. The van der Waals surface area contributed by atoms with Crippen molar-refractivity contribution in [2.45, 2.75) is 32.6 Å². The van der Waals surface area contributed by atoms with Crippen molar-refractivity contribution in [2.75, 3.05) is 4.90 Å². The van der Waals surface area contributed by atoms with E-state index >= 15 is 0 Å². The fourth-order valence-corrected chi connectivity index (χ4v) is 2.47. The summed E-state index contributed by atoms with van der Waals surface area (Å²) >= 11 is 0. The second-order valence-corrected chi connectivity index (χ2v) is 5.62. The summed E-state index contributed by atoms with van der Waals surface area (Å²) in [4.78, 5) is 24.2. The molecule has 2 rings (SSSR count). The maximum absolute atomic E-state index is 11.5. The number of anilines is 2. The summed E-state index contributed by atoms with van der Waals surface area (Å²) in [6.45, 7) is 2.16. The lowest BCUT2D eigenvalue weighted by Crippen LogP contribution is -2.20. The first-order valence-electron chi connectivity index (χ1n) is 8.03. The fraction of sp³-hybridized carbons (Fsp3) is 0.263. The molecule has 0 atom stereocenters. The fourth-order valence-electron chi connectivity index (χ4n) is 2.47. The first-order chi connectivity index (χ1) is 11.7. The predicted molar refractivity (Wildman–Crippen MR) is 93.3 cm³/mol. The Morgan fingerprint density at radius 2 is 1.58 bits per heavy atom. The van der Waals surface area contributed by atoms with Crippen LogP contribution in [0, 0.1) is 0 Å². The van der Waals surface area contributed by atoms with Crippen LogP contribution in [0.25, 0.3) is 0 Å². The molecule has 126 valence electrons. The van der Waals surface area contributed by atoms with E-state index in [1.165, 1.54) is 5.56 Å². The minimum atomic E-state index is -0.474. The van der Waals surface area contributed by atoms with Crippen molar-refractivity contribution >= 4 is 23.7 Å². The van der Waals surface area contributed by atoms with E-state index < -0.39 is 5.91 Å². The van der Waals surface area contributed by atoms with Gasteiger partial charge >= 0.3 is 0 Å². The SMILES string of the molecule is CCCCc1ccc(N(C=O)c2ccc(CC(=O)NO)cc2)cc1. The lowest BCUT2D eigenvalue weighted by molar-refractivity contribution is -0.128. The monoisotopic (exact) mass is 326 g/mol. The average molecular weight is 326 g/mol. The summed E-state index contributed by atoms with van der Waals surface area (Å²) < 4.78 is 0. The second kappa shape index (κ2) is 8.84. The third-order valence-electron chi connectivity index (χ3n) is 3.84. The zero-order valence-electron chi connectivity index (χ0n) is 13.7. The molecule has 0 aromatic heterocycles. The van der Waals surface area contributed by atoms with Gasteiger partial charge in [0.2, 0.25) is 12.3 Å². The largest absolute Gasteiger partial charge is 0.289 e. The molecule has 0 heterocycles. The molecular formula is C19H22N2O3. The van der Waals surface area contributed by atoms with Gasteiger partial charge in [0, 0.05) is 11.4 Å². The number of rotatable bonds is 8. The van der Waals surface area contributed by atoms with E-state index in [0.29, 0.717) is 0 Å². The highest BCUT2D eigenvalue weighted by atomic mass is 16.5.